The topological polar surface area (TPSA) is 0 Å². The van der Waals surface area contributed by atoms with E-state index in [9.17, 15) is 8.78 Å². The first kappa shape index (κ1) is 15.7. The first-order valence-electron chi connectivity index (χ1n) is 7.48. The molecule has 1 aliphatic carbocycles. The number of allylic oxidation sites excluding steroid dienone is 4. The molecule has 0 atom stereocenters. The molecule has 2 rings (SSSR count). The second kappa shape index (κ2) is 6.84. The van der Waals surface area contributed by atoms with Crippen molar-refractivity contribution in [2.24, 2.45) is 5.92 Å². The molecular formula is C19H22F2. The van der Waals surface area contributed by atoms with Gasteiger partial charge in [0.15, 0.2) is 11.7 Å². The number of benzene rings is 1. The Bertz CT molecular complexity index is 543. The Hall–Kier alpha value is -1.70. The zero-order valence-corrected chi connectivity index (χ0v) is 12.5. The largest absolute Gasteiger partial charge is 0.204 e. The van der Waals surface area contributed by atoms with Crippen molar-refractivity contribution in [3.63, 3.8) is 0 Å². The second-order valence-corrected chi connectivity index (χ2v) is 6.00. The van der Waals surface area contributed by atoms with E-state index in [-0.39, 0.29) is 0 Å². The van der Waals surface area contributed by atoms with E-state index in [4.69, 9.17) is 0 Å². The Morgan fingerprint density at radius 3 is 2.14 bits per heavy atom. The van der Waals surface area contributed by atoms with Gasteiger partial charge in [0, 0.05) is 0 Å². The minimum atomic E-state index is -1.07. The normalized spacial score (nSPS) is 22.9. The van der Waals surface area contributed by atoms with E-state index in [1.807, 2.05) is 12.1 Å². The van der Waals surface area contributed by atoms with Gasteiger partial charge in [-0.05, 0) is 47.5 Å². The van der Waals surface area contributed by atoms with Crippen molar-refractivity contribution in [1.29, 1.82) is 0 Å². The summed E-state index contributed by atoms with van der Waals surface area (Å²) in [6.45, 7) is 9.02. The summed E-state index contributed by atoms with van der Waals surface area (Å²) in [4.78, 5) is 0. The van der Waals surface area contributed by atoms with Crippen LogP contribution in [0.25, 0.3) is 5.57 Å². The lowest BCUT2D eigenvalue weighted by Gasteiger charge is -2.26. The highest BCUT2D eigenvalue weighted by molar-refractivity contribution is 5.73. The van der Waals surface area contributed by atoms with Gasteiger partial charge in [-0.15, -0.1) is 0 Å². The fourth-order valence-electron chi connectivity index (χ4n) is 2.88. The minimum Gasteiger partial charge on any atom is -0.204 e. The molecule has 0 heterocycles. The van der Waals surface area contributed by atoms with Crippen LogP contribution >= 0.6 is 0 Å². The third-order valence-electron chi connectivity index (χ3n) is 4.33. The summed E-state index contributed by atoms with van der Waals surface area (Å²) in [6, 6.07) is 8.02. The van der Waals surface area contributed by atoms with Gasteiger partial charge in [-0.3, -0.25) is 0 Å². The van der Waals surface area contributed by atoms with Crippen LogP contribution in [0.5, 0.6) is 0 Å². The van der Waals surface area contributed by atoms with Gasteiger partial charge < -0.3 is 0 Å². The Morgan fingerprint density at radius 2 is 1.62 bits per heavy atom. The van der Waals surface area contributed by atoms with E-state index < -0.39 is 11.7 Å². The molecule has 0 spiro atoms. The van der Waals surface area contributed by atoms with Crippen LogP contribution in [0.4, 0.5) is 8.78 Å². The van der Waals surface area contributed by atoms with Crippen molar-refractivity contribution < 1.29 is 8.78 Å². The highest BCUT2D eigenvalue weighted by Gasteiger charge is 2.19. The zero-order chi connectivity index (χ0) is 15.4. The molecule has 1 saturated carbocycles. The highest BCUT2D eigenvalue weighted by atomic mass is 19.2. The van der Waals surface area contributed by atoms with Gasteiger partial charge in [0.05, 0.1) is 0 Å². The first-order chi connectivity index (χ1) is 9.97. The predicted octanol–water partition coefficient (Wildman–Crippen LogP) is 6.33. The van der Waals surface area contributed by atoms with Crippen molar-refractivity contribution in [2.75, 3.05) is 0 Å². The number of hydrogen-bond donors (Lipinski definition) is 0. The Morgan fingerprint density at radius 1 is 1.05 bits per heavy atom. The molecular weight excluding hydrogens is 266 g/mol. The Balaban J connectivity index is 2.07. The summed E-state index contributed by atoms with van der Waals surface area (Å²) < 4.78 is 25.8. The van der Waals surface area contributed by atoms with Crippen LogP contribution in [0.1, 0.15) is 49.7 Å². The minimum absolute atomic E-state index is 0.454. The maximum atomic E-state index is 13.2. The van der Waals surface area contributed by atoms with Gasteiger partial charge in [-0.1, -0.05) is 57.2 Å². The molecule has 1 aliphatic rings. The lowest BCUT2D eigenvalue weighted by atomic mass is 9.79. The number of hydrogen-bond acceptors (Lipinski definition) is 0. The summed E-state index contributed by atoms with van der Waals surface area (Å²) in [5, 5.41) is 0. The van der Waals surface area contributed by atoms with Crippen LogP contribution in [-0.2, 0) is 0 Å². The van der Waals surface area contributed by atoms with E-state index in [0.29, 0.717) is 11.5 Å². The maximum absolute atomic E-state index is 13.2. The van der Waals surface area contributed by atoms with Crippen molar-refractivity contribution in [3.05, 3.63) is 66.3 Å². The highest BCUT2D eigenvalue weighted by Crippen LogP contribution is 2.35. The molecule has 0 N–H and O–H groups in total. The summed E-state index contributed by atoms with van der Waals surface area (Å²) >= 11 is 0. The molecule has 0 amide bonds. The molecule has 0 saturated heterocycles. The molecule has 0 aromatic heterocycles. The number of halogens is 2. The Kier molecular flexibility index (Phi) is 5.11. The summed E-state index contributed by atoms with van der Waals surface area (Å²) in [7, 11) is 0. The molecule has 1 aromatic carbocycles. The van der Waals surface area contributed by atoms with Crippen LogP contribution in [-0.4, -0.2) is 0 Å². The average molecular weight is 288 g/mol. The molecule has 1 aromatic rings. The van der Waals surface area contributed by atoms with Crippen molar-refractivity contribution in [1.82, 2.24) is 0 Å². The van der Waals surface area contributed by atoms with Crippen molar-refractivity contribution in [3.8, 4) is 0 Å². The predicted molar refractivity (Wildman–Crippen MR) is 85.3 cm³/mol. The second-order valence-electron chi connectivity index (χ2n) is 6.00. The molecule has 0 unspecified atom stereocenters. The van der Waals surface area contributed by atoms with Crippen LogP contribution in [0.15, 0.2) is 55.2 Å². The van der Waals surface area contributed by atoms with Gasteiger partial charge in [0.1, 0.15) is 0 Å². The van der Waals surface area contributed by atoms with E-state index in [2.05, 4.69) is 32.2 Å². The van der Waals surface area contributed by atoms with Gasteiger partial charge in [-0.2, -0.15) is 0 Å². The standard InChI is InChI=1S/C19H22F2/c1-13-4-6-17(7-5-13)18-10-8-16(9-11-18)14(2)12-19(21)15(3)20/h8-13,17H,2-7H2,1H3/b19-12+. The molecule has 0 nitrogen and oxygen atoms in total. The van der Waals surface area contributed by atoms with E-state index in [1.54, 1.807) is 0 Å². The van der Waals surface area contributed by atoms with Crippen LogP contribution in [0.2, 0.25) is 0 Å². The molecule has 21 heavy (non-hydrogen) atoms. The van der Waals surface area contributed by atoms with Gasteiger partial charge in [-0.25, -0.2) is 8.78 Å². The Labute approximate surface area is 125 Å². The van der Waals surface area contributed by atoms with E-state index >= 15 is 0 Å². The van der Waals surface area contributed by atoms with Crippen LogP contribution in [0.3, 0.4) is 0 Å². The third-order valence-corrected chi connectivity index (χ3v) is 4.33. The van der Waals surface area contributed by atoms with Gasteiger partial charge >= 0.3 is 0 Å². The number of rotatable bonds is 4. The van der Waals surface area contributed by atoms with Crippen molar-refractivity contribution >= 4 is 5.57 Å². The monoisotopic (exact) mass is 288 g/mol. The van der Waals surface area contributed by atoms with E-state index in [0.717, 1.165) is 17.6 Å². The SMILES string of the molecule is C=C(F)/C(F)=C\C(=C)c1ccc(C2CCC(C)CC2)cc1. The maximum Gasteiger partial charge on any atom is 0.158 e. The fraction of sp³-hybridized carbons (Fsp3) is 0.368. The zero-order valence-electron chi connectivity index (χ0n) is 12.5. The molecule has 0 radical (unpaired) electrons. The summed E-state index contributed by atoms with van der Waals surface area (Å²) in [5.74, 6) is -0.571. The molecule has 2 heteroatoms. The average Bonchev–Trinajstić information content (AvgIpc) is 2.48. The summed E-state index contributed by atoms with van der Waals surface area (Å²) in [6.07, 6.45) is 6.12. The third kappa shape index (κ3) is 4.13. The van der Waals surface area contributed by atoms with E-state index in [1.165, 1.54) is 31.2 Å². The van der Waals surface area contributed by atoms with Gasteiger partial charge in [0.25, 0.3) is 0 Å². The van der Waals surface area contributed by atoms with Crippen LogP contribution < -0.4 is 0 Å². The molecule has 0 bridgehead atoms. The lowest BCUT2D eigenvalue weighted by molar-refractivity contribution is 0.348. The molecule has 1 fully saturated rings. The van der Waals surface area contributed by atoms with Crippen LogP contribution in [0, 0.1) is 5.92 Å². The smallest absolute Gasteiger partial charge is 0.158 e. The summed E-state index contributed by atoms with van der Waals surface area (Å²) in [5.41, 5.74) is 2.59. The van der Waals surface area contributed by atoms with Gasteiger partial charge in [0.2, 0.25) is 0 Å². The fourth-order valence-corrected chi connectivity index (χ4v) is 2.88. The van der Waals surface area contributed by atoms with Crippen molar-refractivity contribution in [2.45, 2.75) is 38.5 Å². The molecule has 0 aliphatic heterocycles. The first-order valence-corrected chi connectivity index (χ1v) is 7.48. The molecule has 112 valence electrons. The lowest BCUT2D eigenvalue weighted by Crippen LogP contribution is -2.10. The quantitative estimate of drug-likeness (QED) is 0.568.